The van der Waals surface area contributed by atoms with E-state index in [1.54, 1.807) is 21.3 Å². The minimum absolute atomic E-state index is 0.334. The van der Waals surface area contributed by atoms with Gasteiger partial charge in [-0.3, -0.25) is 0 Å². The molecular formula is C17H25NO8. The predicted molar refractivity (Wildman–Crippen MR) is 92.1 cm³/mol. The molecule has 1 atom stereocenters. The van der Waals surface area contributed by atoms with Crippen LogP contribution in [0.3, 0.4) is 0 Å². The van der Waals surface area contributed by atoms with Crippen LogP contribution in [0.4, 0.5) is 0 Å². The van der Waals surface area contributed by atoms with Crippen LogP contribution in [-0.4, -0.2) is 62.7 Å². The van der Waals surface area contributed by atoms with E-state index in [1.165, 1.54) is 0 Å². The lowest BCUT2D eigenvalue weighted by Crippen LogP contribution is -2.26. The topological polar surface area (TPSA) is 124 Å². The fourth-order valence-corrected chi connectivity index (χ4v) is 2.48. The first-order chi connectivity index (χ1) is 12.4. The van der Waals surface area contributed by atoms with Crippen molar-refractivity contribution in [1.82, 2.24) is 5.32 Å². The quantitative estimate of drug-likeness (QED) is 0.605. The van der Waals surface area contributed by atoms with E-state index in [0.717, 1.165) is 31.6 Å². The molecule has 9 nitrogen and oxygen atoms in total. The molecule has 1 unspecified atom stereocenters. The molecule has 1 aromatic rings. The molecule has 0 aromatic heterocycles. The van der Waals surface area contributed by atoms with Gasteiger partial charge in [0.1, 0.15) is 0 Å². The van der Waals surface area contributed by atoms with Gasteiger partial charge in [0.15, 0.2) is 11.5 Å². The summed E-state index contributed by atoms with van der Waals surface area (Å²) in [5.74, 6) is -1.63. The van der Waals surface area contributed by atoms with Crippen molar-refractivity contribution in [3.05, 3.63) is 17.7 Å². The van der Waals surface area contributed by atoms with Gasteiger partial charge in [0.05, 0.1) is 27.4 Å². The second-order valence-corrected chi connectivity index (χ2v) is 5.37. The SMILES string of the molecule is COc1ccc(CNCC2CCCO2)c(OC)c1OC.O=C(O)C(=O)O. The summed E-state index contributed by atoms with van der Waals surface area (Å²) in [5, 5.41) is 18.2. The summed E-state index contributed by atoms with van der Waals surface area (Å²) in [4.78, 5) is 18.2. The van der Waals surface area contributed by atoms with Crippen LogP contribution in [0.5, 0.6) is 17.2 Å². The Balaban J connectivity index is 0.000000487. The number of nitrogens with one attached hydrogen (secondary N) is 1. The summed E-state index contributed by atoms with van der Waals surface area (Å²) in [7, 11) is 4.87. The van der Waals surface area contributed by atoms with Crippen molar-refractivity contribution in [2.45, 2.75) is 25.5 Å². The molecule has 0 saturated carbocycles. The number of methoxy groups -OCH3 is 3. The highest BCUT2D eigenvalue weighted by Crippen LogP contribution is 2.39. The summed E-state index contributed by atoms with van der Waals surface area (Å²) in [6, 6.07) is 3.88. The van der Waals surface area contributed by atoms with E-state index in [4.69, 9.17) is 38.7 Å². The van der Waals surface area contributed by atoms with Crippen LogP contribution >= 0.6 is 0 Å². The Bertz CT molecular complexity index is 587. The van der Waals surface area contributed by atoms with Crippen LogP contribution in [0, 0.1) is 0 Å². The fourth-order valence-electron chi connectivity index (χ4n) is 2.48. The number of carboxylic acids is 2. The van der Waals surface area contributed by atoms with E-state index < -0.39 is 11.9 Å². The molecule has 0 aliphatic carbocycles. The van der Waals surface area contributed by atoms with Crippen molar-refractivity contribution >= 4 is 11.9 Å². The lowest BCUT2D eigenvalue weighted by Gasteiger charge is -2.17. The molecule has 1 saturated heterocycles. The van der Waals surface area contributed by atoms with Gasteiger partial charge in [-0.15, -0.1) is 0 Å². The molecule has 26 heavy (non-hydrogen) atoms. The van der Waals surface area contributed by atoms with Gasteiger partial charge in [0.25, 0.3) is 0 Å². The third kappa shape index (κ3) is 6.41. The molecule has 1 fully saturated rings. The van der Waals surface area contributed by atoms with Gasteiger partial charge in [-0.05, 0) is 18.9 Å². The van der Waals surface area contributed by atoms with Crippen LogP contribution < -0.4 is 19.5 Å². The van der Waals surface area contributed by atoms with Crippen LogP contribution in [0.1, 0.15) is 18.4 Å². The minimum atomic E-state index is -1.82. The minimum Gasteiger partial charge on any atom is -0.493 e. The van der Waals surface area contributed by atoms with Crippen molar-refractivity contribution in [2.24, 2.45) is 0 Å². The highest BCUT2D eigenvalue weighted by molar-refractivity contribution is 6.27. The summed E-state index contributed by atoms with van der Waals surface area (Å²) in [6.07, 6.45) is 2.63. The Labute approximate surface area is 151 Å². The first kappa shape index (κ1) is 21.5. The lowest BCUT2D eigenvalue weighted by atomic mass is 10.1. The third-order valence-corrected chi connectivity index (χ3v) is 3.68. The first-order valence-electron chi connectivity index (χ1n) is 8.00. The maximum Gasteiger partial charge on any atom is 0.414 e. The molecule has 0 amide bonds. The lowest BCUT2D eigenvalue weighted by molar-refractivity contribution is -0.159. The molecule has 2 rings (SSSR count). The second-order valence-electron chi connectivity index (χ2n) is 5.37. The van der Waals surface area contributed by atoms with E-state index in [1.807, 2.05) is 12.1 Å². The fraction of sp³-hybridized carbons (Fsp3) is 0.529. The average molecular weight is 371 g/mol. The molecule has 0 bridgehead atoms. The number of carboxylic acid groups (broad SMARTS) is 2. The van der Waals surface area contributed by atoms with Crippen molar-refractivity contribution in [1.29, 1.82) is 0 Å². The van der Waals surface area contributed by atoms with Crippen molar-refractivity contribution in [3.8, 4) is 17.2 Å². The number of carbonyl (C=O) groups is 2. The van der Waals surface area contributed by atoms with E-state index >= 15 is 0 Å². The number of hydrogen-bond donors (Lipinski definition) is 3. The van der Waals surface area contributed by atoms with Crippen LogP contribution in [0.2, 0.25) is 0 Å². The van der Waals surface area contributed by atoms with Gasteiger partial charge in [0.2, 0.25) is 5.75 Å². The Morgan fingerprint density at radius 1 is 1.12 bits per heavy atom. The highest BCUT2D eigenvalue weighted by atomic mass is 16.5. The van der Waals surface area contributed by atoms with Crippen LogP contribution in [0.15, 0.2) is 12.1 Å². The zero-order valence-corrected chi connectivity index (χ0v) is 15.1. The maximum absolute atomic E-state index is 9.10. The zero-order valence-electron chi connectivity index (χ0n) is 15.1. The molecule has 0 spiro atoms. The van der Waals surface area contributed by atoms with Crippen molar-refractivity contribution in [3.63, 3.8) is 0 Å². The summed E-state index contributed by atoms with van der Waals surface area (Å²) in [6.45, 7) is 2.45. The van der Waals surface area contributed by atoms with Gasteiger partial charge >= 0.3 is 11.9 Å². The zero-order chi connectivity index (χ0) is 19.5. The van der Waals surface area contributed by atoms with Gasteiger partial charge in [0, 0.05) is 25.3 Å². The van der Waals surface area contributed by atoms with E-state index in [9.17, 15) is 0 Å². The maximum atomic E-state index is 9.10. The Morgan fingerprint density at radius 2 is 1.77 bits per heavy atom. The third-order valence-electron chi connectivity index (χ3n) is 3.68. The first-order valence-corrected chi connectivity index (χ1v) is 8.00. The van der Waals surface area contributed by atoms with Gasteiger partial charge in [-0.25, -0.2) is 9.59 Å². The second kappa shape index (κ2) is 11.2. The molecule has 9 heteroatoms. The largest absolute Gasteiger partial charge is 0.493 e. The van der Waals surface area contributed by atoms with Gasteiger partial charge < -0.3 is 34.5 Å². The summed E-state index contributed by atoms with van der Waals surface area (Å²) in [5.41, 5.74) is 1.04. The Hall–Kier alpha value is -2.52. The van der Waals surface area contributed by atoms with E-state index in [2.05, 4.69) is 5.32 Å². The molecule has 1 aliphatic rings. The Kier molecular flexibility index (Phi) is 9.24. The standard InChI is InChI=1S/C15H23NO4.C2H2O4/c1-17-13-7-6-11(14(18-2)15(13)19-3)9-16-10-12-5-4-8-20-12;3-1(4)2(5)6/h6-7,12,16H,4-5,8-10H2,1-3H3;(H,3,4)(H,5,6). The monoisotopic (exact) mass is 371 g/mol. The molecular weight excluding hydrogens is 346 g/mol. The predicted octanol–water partition coefficient (Wildman–Crippen LogP) is 1.14. The van der Waals surface area contributed by atoms with Gasteiger partial charge in [-0.1, -0.05) is 6.07 Å². The number of rotatable bonds is 7. The molecule has 1 aliphatic heterocycles. The Morgan fingerprint density at radius 3 is 2.23 bits per heavy atom. The van der Waals surface area contributed by atoms with Crippen molar-refractivity contribution in [2.75, 3.05) is 34.5 Å². The highest BCUT2D eigenvalue weighted by Gasteiger charge is 2.17. The smallest absolute Gasteiger partial charge is 0.414 e. The van der Waals surface area contributed by atoms with E-state index in [0.29, 0.717) is 29.9 Å². The van der Waals surface area contributed by atoms with Crippen LogP contribution in [-0.2, 0) is 20.9 Å². The molecule has 1 heterocycles. The number of benzene rings is 1. The molecule has 3 N–H and O–H groups in total. The van der Waals surface area contributed by atoms with Crippen LogP contribution in [0.25, 0.3) is 0 Å². The summed E-state index contributed by atoms with van der Waals surface area (Å²) >= 11 is 0. The number of ether oxygens (including phenoxy) is 4. The van der Waals surface area contributed by atoms with Gasteiger partial charge in [-0.2, -0.15) is 0 Å². The normalized spacial score (nSPS) is 15.6. The molecule has 146 valence electrons. The number of aliphatic carboxylic acids is 2. The van der Waals surface area contributed by atoms with E-state index in [-0.39, 0.29) is 0 Å². The summed E-state index contributed by atoms with van der Waals surface area (Å²) < 4.78 is 21.7. The van der Waals surface area contributed by atoms with Crippen molar-refractivity contribution < 1.29 is 38.7 Å². The molecule has 1 aromatic carbocycles. The molecule has 0 radical (unpaired) electrons. The average Bonchev–Trinajstić information content (AvgIpc) is 3.14. The number of hydrogen-bond acceptors (Lipinski definition) is 7.